The van der Waals surface area contributed by atoms with Crippen molar-refractivity contribution >= 4 is 0 Å². The van der Waals surface area contributed by atoms with Crippen molar-refractivity contribution in [3.8, 4) is 11.5 Å². The minimum Gasteiger partial charge on any atom is -0.497 e. The Kier molecular flexibility index (Phi) is 3.89. The van der Waals surface area contributed by atoms with E-state index in [1.54, 1.807) is 7.11 Å². The summed E-state index contributed by atoms with van der Waals surface area (Å²) in [6.45, 7) is 4.30. The lowest BCUT2D eigenvalue weighted by Gasteiger charge is -2.04. The number of hydrogen-bond donors (Lipinski definition) is 0. The van der Waals surface area contributed by atoms with Crippen LogP contribution in [-0.4, -0.2) is 13.7 Å². The van der Waals surface area contributed by atoms with Crippen LogP contribution in [0.4, 0.5) is 0 Å². The van der Waals surface area contributed by atoms with Gasteiger partial charge in [0.05, 0.1) is 13.7 Å². The third kappa shape index (κ3) is 3.20. The highest BCUT2D eigenvalue weighted by Gasteiger charge is 1.93. The average molecular weight is 178 g/mol. The molecular formula is C11H14O2. The van der Waals surface area contributed by atoms with E-state index in [-0.39, 0.29) is 0 Å². The Hall–Kier alpha value is -1.44. The Morgan fingerprint density at radius 2 is 1.85 bits per heavy atom. The van der Waals surface area contributed by atoms with Gasteiger partial charge in [0.25, 0.3) is 0 Å². The lowest BCUT2D eigenvalue weighted by atomic mass is 10.3. The van der Waals surface area contributed by atoms with Crippen molar-refractivity contribution in [1.29, 1.82) is 0 Å². The molecule has 0 spiro atoms. The van der Waals surface area contributed by atoms with Crippen molar-refractivity contribution in [2.45, 2.75) is 6.42 Å². The second kappa shape index (κ2) is 5.25. The molecule has 0 aliphatic rings. The van der Waals surface area contributed by atoms with E-state index in [1.165, 1.54) is 0 Å². The van der Waals surface area contributed by atoms with Gasteiger partial charge in [0, 0.05) is 0 Å². The van der Waals surface area contributed by atoms with Crippen molar-refractivity contribution in [1.82, 2.24) is 0 Å². The predicted octanol–water partition coefficient (Wildman–Crippen LogP) is 2.65. The van der Waals surface area contributed by atoms with Crippen molar-refractivity contribution in [3.63, 3.8) is 0 Å². The minimum atomic E-state index is 0.676. The van der Waals surface area contributed by atoms with Crippen molar-refractivity contribution in [3.05, 3.63) is 36.9 Å². The molecule has 1 rings (SSSR count). The van der Waals surface area contributed by atoms with E-state index in [1.807, 2.05) is 30.3 Å². The van der Waals surface area contributed by atoms with Gasteiger partial charge in [0.2, 0.25) is 0 Å². The molecule has 0 atom stereocenters. The van der Waals surface area contributed by atoms with Gasteiger partial charge in [-0.1, -0.05) is 6.08 Å². The third-order valence-corrected chi connectivity index (χ3v) is 1.65. The first kappa shape index (κ1) is 9.65. The summed E-state index contributed by atoms with van der Waals surface area (Å²) in [7, 11) is 1.65. The topological polar surface area (TPSA) is 18.5 Å². The Morgan fingerprint density at radius 1 is 1.23 bits per heavy atom. The highest BCUT2D eigenvalue weighted by Crippen LogP contribution is 2.16. The summed E-state index contributed by atoms with van der Waals surface area (Å²) < 4.78 is 10.4. The van der Waals surface area contributed by atoms with Gasteiger partial charge < -0.3 is 9.47 Å². The molecule has 0 heterocycles. The lowest BCUT2D eigenvalue weighted by Crippen LogP contribution is -1.94. The van der Waals surface area contributed by atoms with Gasteiger partial charge in [-0.2, -0.15) is 0 Å². The van der Waals surface area contributed by atoms with Crippen LogP contribution in [0.2, 0.25) is 0 Å². The summed E-state index contributed by atoms with van der Waals surface area (Å²) in [5.41, 5.74) is 0. The fourth-order valence-corrected chi connectivity index (χ4v) is 0.932. The quantitative estimate of drug-likeness (QED) is 0.509. The number of rotatable bonds is 5. The zero-order valence-corrected chi connectivity index (χ0v) is 7.82. The molecule has 1 aromatic carbocycles. The highest BCUT2D eigenvalue weighted by molar-refractivity contribution is 5.31. The molecule has 0 aliphatic carbocycles. The largest absolute Gasteiger partial charge is 0.497 e. The van der Waals surface area contributed by atoms with Crippen LogP contribution in [0.5, 0.6) is 11.5 Å². The summed E-state index contributed by atoms with van der Waals surface area (Å²) in [6, 6.07) is 7.54. The second-order valence-corrected chi connectivity index (χ2v) is 2.60. The Balaban J connectivity index is 2.44. The summed E-state index contributed by atoms with van der Waals surface area (Å²) in [4.78, 5) is 0. The Morgan fingerprint density at radius 3 is 2.38 bits per heavy atom. The molecule has 0 N–H and O–H groups in total. The molecule has 2 nitrogen and oxygen atoms in total. The number of benzene rings is 1. The summed E-state index contributed by atoms with van der Waals surface area (Å²) >= 11 is 0. The van der Waals surface area contributed by atoms with Gasteiger partial charge in [-0.05, 0) is 30.7 Å². The van der Waals surface area contributed by atoms with Gasteiger partial charge in [-0.25, -0.2) is 0 Å². The molecule has 0 amide bonds. The summed E-state index contributed by atoms with van der Waals surface area (Å²) in [6.07, 6.45) is 2.70. The zero-order valence-electron chi connectivity index (χ0n) is 7.82. The molecule has 70 valence electrons. The molecule has 0 unspecified atom stereocenters. The maximum Gasteiger partial charge on any atom is 0.119 e. The SMILES string of the molecule is C=CCCOc1ccc(OC)cc1. The van der Waals surface area contributed by atoms with Crippen LogP contribution in [0.1, 0.15) is 6.42 Å². The molecule has 0 aliphatic heterocycles. The predicted molar refractivity (Wildman–Crippen MR) is 53.3 cm³/mol. The molecule has 1 aromatic rings. The first-order chi connectivity index (χ1) is 6.36. The zero-order chi connectivity index (χ0) is 9.52. The average Bonchev–Trinajstić information content (AvgIpc) is 2.19. The molecule has 0 saturated heterocycles. The van der Waals surface area contributed by atoms with E-state index in [2.05, 4.69) is 6.58 Å². The van der Waals surface area contributed by atoms with E-state index >= 15 is 0 Å². The monoisotopic (exact) mass is 178 g/mol. The summed E-state index contributed by atoms with van der Waals surface area (Å²) in [5, 5.41) is 0. The molecule has 0 fully saturated rings. The fourth-order valence-electron chi connectivity index (χ4n) is 0.932. The second-order valence-electron chi connectivity index (χ2n) is 2.60. The number of methoxy groups -OCH3 is 1. The smallest absolute Gasteiger partial charge is 0.119 e. The molecular weight excluding hydrogens is 164 g/mol. The maximum absolute atomic E-state index is 5.42. The minimum absolute atomic E-state index is 0.676. The van der Waals surface area contributed by atoms with Crippen LogP contribution < -0.4 is 9.47 Å². The van der Waals surface area contributed by atoms with Gasteiger partial charge in [-0.3, -0.25) is 0 Å². The van der Waals surface area contributed by atoms with E-state index < -0.39 is 0 Å². The first-order valence-corrected chi connectivity index (χ1v) is 4.24. The molecule has 2 heteroatoms. The van der Waals surface area contributed by atoms with Crippen LogP contribution in [0.3, 0.4) is 0 Å². The van der Waals surface area contributed by atoms with Crippen LogP contribution in [-0.2, 0) is 0 Å². The molecule has 13 heavy (non-hydrogen) atoms. The first-order valence-electron chi connectivity index (χ1n) is 4.24. The highest BCUT2D eigenvalue weighted by atomic mass is 16.5. The van der Waals surface area contributed by atoms with Crippen LogP contribution in [0.15, 0.2) is 36.9 Å². The fraction of sp³-hybridized carbons (Fsp3) is 0.273. The van der Waals surface area contributed by atoms with Crippen LogP contribution in [0.25, 0.3) is 0 Å². The van der Waals surface area contributed by atoms with E-state index in [0.29, 0.717) is 6.61 Å². The molecule has 0 aromatic heterocycles. The normalized spacial score (nSPS) is 9.31. The van der Waals surface area contributed by atoms with E-state index in [0.717, 1.165) is 17.9 Å². The van der Waals surface area contributed by atoms with E-state index in [9.17, 15) is 0 Å². The van der Waals surface area contributed by atoms with E-state index in [4.69, 9.17) is 9.47 Å². The molecule has 0 radical (unpaired) electrons. The number of hydrogen-bond acceptors (Lipinski definition) is 2. The third-order valence-electron chi connectivity index (χ3n) is 1.65. The lowest BCUT2D eigenvalue weighted by molar-refractivity contribution is 0.324. The molecule has 0 bridgehead atoms. The van der Waals surface area contributed by atoms with Crippen molar-refractivity contribution < 1.29 is 9.47 Å². The van der Waals surface area contributed by atoms with Gasteiger partial charge in [0.1, 0.15) is 11.5 Å². The molecule has 0 saturated carbocycles. The Labute approximate surface area is 78.8 Å². The Bertz CT molecular complexity index is 251. The van der Waals surface area contributed by atoms with Gasteiger partial charge >= 0.3 is 0 Å². The standard InChI is InChI=1S/C11H14O2/c1-3-4-9-13-11-7-5-10(12-2)6-8-11/h3,5-8H,1,4,9H2,2H3. The van der Waals surface area contributed by atoms with Crippen LogP contribution >= 0.6 is 0 Å². The van der Waals surface area contributed by atoms with Crippen LogP contribution in [0, 0.1) is 0 Å². The van der Waals surface area contributed by atoms with Crippen molar-refractivity contribution in [2.24, 2.45) is 0 Å². The van der Waals surface area contributed by atoms with Crippen molar-refractivity contribution in [2.75, 3.05) is 13.7 Å². The van der Waals surface area contributed by atoms with Gasteiger partial charge in [0.15, 0.2) is 0 Å². The van der Waals surface area contributed by atoms with Gasteiger partial charge in [-0.15, -0.1) is 6.58 Å². The maximum atomic E-state index is 5.42. The number of ether oxygens (including phenoxy) is 2. The summed E-state index contributed by atoms with van der Waals surface area (Å²) in [5.74, 6) is 1.71.